The largest absolute Gasteiger partial charge is 0.346 e. The summed E-state index contributed by atoms with van der Waals surface area (Å²) >= 11 is 7.58. The van der Waals surface area contributed by atoms with E-state index in [9.17, 15) is 4.79 Å². The first-order valence-electron chi connectivity index (χ1n) is 7.60. The highest BCUT2D eigenvalue weighted by atomic mass is 35.5. The quantitative estimate of drug-likeness (QED) is 0.402. The van der Waals surface area contributed by atoms with Gasteiger partial charge in [-0.15, -0.1) is 0 Å². The number of aromatic nitrogens is 3. The summed E-state index contributed by atoms with van der Waals surface area (Å²) in [5.41, 5.74) is 2.66. The van der Waals surface area contributed by atoms with Crippen LogP contribution in [0.15, 0.2) is 64.8 Å². The Morgan fingerprint density at radius 3 is 2.75 bits per heavy atom. The molecule has 0 N–H and O–H groups in total. The van der Waals surface area contributed by atoms with Gasteiger partial charge in [-0.1, -0.05) is 48.0 Å². The summed E-state index contributed by atoms with van der Waals surface area (Å²) in [6.07, 6.45) is 3.67. The molecule has 0 bridgehead atoms. The second kappa shape index (κ2) is 6.07. The third kappa shape index (κ3) is 2.54. The van der Waals surface area contributed by atoms with Gasteiger partial charge in [0.15, 0.2) is 0 Å². The van der Waals surface area contributed by atoms with Crippen LogP contribution in [0, 0.1) is 0 Å². The number of fused-ring (bicyclic) bond motifs is 1. The summed E-state index contributed by atoms with van der Waals surface area (Å²) in [6, 6.07) is 13.5. The van der Waals surface area contributed by atoms with Crippen LogP contribution in [-0.2, 0) is 7.05 Å². The zero-order chi connectivity index (χ0) is 16.7. The molecule has 4 rings (SSSR count). The number of hydrogen-bond acceptors (Lipinski definition) is 3. The number of pyridine rings is 1. The van der Waals surface area contributed by atoms with E-state index >= 15 is 0 Å². The fourth-order valence-electron chi connectivity index (χ4n) is 3.01. The van der Waals surface area contributed by atoms with E-state index in [1.54, 1.807) is 24.0 Å². The Hall–Kier alpha value is -2.11. The highest BCUT2D eigenvalue weighted by Crippen LogP contribution is 2.34. The first kappa shape index (κ1) is 15.4. The average Bonchev–Trinajstić information content (AvgIpc) is 3.05. The molecule has 0 saturated heterocycles. The molecule has 0 aliphatic carbocycles. The van der Waals surface area contributed by atoms with E-state index in [0.717, 1.165) is 22.0 Å². The summed E-state index contributed by atoms with van der Waals surface area (Å²) in [7, 11) is 1.98. The van der Waals surface area contributed by atoms with Crippen molar-refractivity contribution in [2.24, 2.45) is 7.05 Å². The van der Waals surface area contributed by atoms with Gasteiger partial charge >= 0.3 is 10.7 Å². The Labute approximate surface area is 148 Å². The molecule has 1 aliphatic rings. The van der Waals surface area contributed by atoms with Crippen molar-refractivity contribution in [2.45, 2.75) is 11.2 Å². The smallest absolute Gasteiger partial charge is 0.244 e. The lowest BCUT2D eigenvalue weighted by Crippen LogP contribution is -2.40. The summed E-state index contributed by atoms with van der Waals surface area (Å²) in [5.74, 6) is 0.810. The molecule has 1 aromatic carbocycles. The van der Waals surface area contributed by atoms with Crippen LogP contribution in [0.25, 0.3) is 11.1 Å². The van der Waals surface area contributed by atoms with Crippen molar-refractivity contribution in [1.82, 2.24) is 9.55 Å². The van der Waals surface area contributed by atoms with Gasteiger partial charge in [-0.3, -0.25) is 0 Å². The fourth-order valence-corrected chi connectivity index (χ4v) is 4.38. The van der Waals surface area contributed by atoms with E-state index in [4.69, 9.17) is 11.6 Å². The summed E-state index contributed by atoms with van der Waals surface area (Å²) in [6.45, 7) is 0. The number of benzene rings is 1. The van der Waals surface area contributed by atoms with Crippen LogP contribution >= 0.6 is 23.4 Å². The maximum Gasteiger partial charge on any atom is 0.346 e. The van der Waals surface area contributed by atoms with Crippen molar-refractivity contribution in [3.8, 4) is 11.1 Å². The van der Waals surface area contributed by atoms with Gasteiger partial charge in [-0.05, 0) is 23.4 Å². The molecule has 24 heavy (non-hydrogen) atoms. The van der Waals surface area contributed by atoms with E-state index < -0.39 is 0 Å². The summed E-state index contributed by atoms with van der Waals surface area (Å²) in [4.78, 5) is 17.3. The number of aryl methyl sites for hydroxylation is 1. The monoisotopic (exact) mass is 356 g/mol. The third-order valence-corrected chi connectivity index (χ3v) is 5.63. The molecule has 1 aliphatic heterocycles. The maximum absolute atomic E-state index is 13.2. The van der Waals surface area contributed by atoms with Crippen LogP contribution in [0.1, 0.15) is 11.6 Å². The lowest BCUT2D eigenvalue weighted by Gasteiger charge is -2.10. The number of hydrogen-bond donors (Lipinski definition) is 0. The molecule has 3 aromatic rings. The van der Waals surface area contributed by atoms with Gasteiger partial charge in [0.05, 0.1) is 12.8 Å². The molecule has 120 valence electrons. The number of nitrogens with zero attached hydrogens (tertiary/aromatic N) is 3. The van der Waals surface area contributed by atoms with Crippen LogP contribution < -0.4 is 10.1 Å². The Morgan fingerprint density at radius 1 is 1.25 bits per heavy atom. The number of thioether (sulfide) groups is 1. The highest BCUT2D eigenvalue weighted by Gasteiger charge is 2.36. The molecule has 3 heterocycles. The van der Waals surface area contributed by atoms with Crippen molar-refractivity contribution >= 4 is 23.4 Å². The molecule has 0 spiro atoms. The average molecular weight is 357 g/mol. The van der Waals surface area contributed by atoms with Gasteiger partial charge in [0.2, 0.25) is 0 Å². The van der Waals surface area contributed by atoms with Crippen molar-refractivity contribution in [1.29, 1.82) is 0 Å². The molecule has 0 radical (unpaired) electrons. The van der Waals surface area contributed by atoms with Crippen LogP contribution in [0.2, 0.25) is 5.15 Å². The van der Waals surface area contributed by atoms with Gasteiger partial charge in [-0.25, -0.2) is 14.3 Å². The zero-order valence-electron chi connectivity index (χ0n) is 13.0. The summed E-state index contributed by atoms with van der Waals surface area (Å²) in [5, 5.41) is 1.42. The van der Waals surface area contributed by atoms with Crippen molar-refractivity contribution in [3.05, 3.63) is 75.9 Å². The number of halogens is 1. The molecular formula is C18H15ClN3OS+. The minimum atomic E-state index is -0.0304. The van der Waals surface area contributed by atoms with Gasteiger partial charge in [0.25, 0.3) is 0 Å². The van der Waals surface area contributed by atoms with E-state index in [1.165, 1.54) is 0 Å². The van der Waals surface area contributed by atoms with E-state index in [-0.39, 0.29) is 11.6 Å². The molecule has 1 atom stereocenters. The third-order valence-electron chi connectivity index (χ3n) is 4.18. The van der Waals surface area contributed by atoms with Crippen molar-refractivity contribution in [3.63, 3.8) is 0 Å². The first-order chi connectivity index (χ1) is 11.6. The minimum Gasteiger partial charge on any atom is -0.244 e. The van der Waals surface area contributed by atoms with Crippen LogP contribution in [-0.4, -0.2) is 15.3 Å². The Kier molecular flexibility index (Phi) is 3.90. The molecule has 0 unspecified atom stereocenters. The first-order valence-corrected chi connectivity index (χ1v) is 8.96. The molecule has 6 heteroatoms. The van der Waals surface area contributed by atoms with Crippen molar-refractivity contribution in [2.75, 3.05) is 5.75 Å². The normalized spacial score (nSPS) is 16.2. The van der Waals surface area contributed by atoms with E-state index in [2.05, 4.69) is 4.98 Å². The summed E-state index contributed by atoms with van der Waals surface area (Å²) < 4.78 is 3.90. The van der Waals surface area contributed by atoms with Crippen LogP contribution in [0.5, 0.6) is 0 Å². The molecule has 2 aromatic heterocycles. The minimum absolute atomic E-state index is 0.0271. The molecule has 4 nitrogen and oxygen atoms in total. The fraction of sp³-hybridized carbons (Fsp3) is 0.167. The Morgan fingerprint density at radius 2 is 2.04 bits per heavy atom. The highest BCUT2D eigenvalue weighted by molar-refractivity contribution is 7.99. The maximum atomic E-state index is 13.2. The molecule has 0 amide bonds. The van der Waals surface area contributed by atoms with Gasteiger partial charge in [0, 0.05) is 11.8 Å². The molecular weight excluding hydrogens is 342 g/mol. The predicted octanol–water partition coefficient (Wildman–Crippen LogP) is 3.08. The molecule has 0 fully saturated rings. The zero-order valence-corrected chi connectivity index (χ0v) is 14.6. The lowest BCUT2D eigenvalue weighted by molar-refractivity contribution is -0.714. The van der Waals surface area contributed by atoms with E-state index in [1.807, 2.05) is 58.8 Å². The second-order valence-electron chi connectivity index (χ2n) is 5.72. The SMILES string of the molecule is C[n+]1cc(-c2ccccc2)c(=O)n2c1SC[C@@H]2c1ccc(Cl)nc1. The predicted molar refractivity (Wildman–Crippen MR) is 95.4 cm³/mol. The van der Waals surface area contributed by atoms with Gasteiger partial charge < -0.3 is 0 Å². The van der Waals surface area contributed by atoms with Crippen molar-refractivity contribution < 1.29 is 4.57 Å². The van der Waals surface area contributed by atoms with Crippen LogP contribution in [0.3, 0.4) is 0 Å². The Balaban J connectivity index is 1.90. The van der Waals surface area contributed by atoms with Gasteiger partial charge in [0.1, 0.15) is 23.0 Å². The standard InChI is InChI=1S/C18H15ClN3OS/c1-21-10-14(12-5-3-2-4-6-12)17(23)22-15(11-24-18(21)22)13-7-8-16(19)20-9-13/h2-10,15H,11H2,1H3/q+1/t15-/m1/s1. The van der Waals surface area contributed by atoms with Gasteiger partial charge in [-0.2, -0.15) is 4.57 Å². The molecule has 0 saturated carbocycles. The lowest BCUT2D eigenvalue weighted by atomic mass is 10.1. The van der Waals surface area contributed by atoms with Crippen LogP contribution in [0.4, 0.5) is 0 Å². The Bertz CT molecular complexity index is 954. The second-order valence-corrected chi connectivity index (χ2v) is 7.09. The number of rotatable bonds is 2. The van der Waals surface area contributed by atoms with E-state index in [0.29, 0.717) is 10.7 Å². The topological polar surface area (TPSA) is 38.8 Å².